The number of hydrogen-bond acceptors (Lipinski definition) is 6. The summed E-state index contributed by atoms with van der Waals surface area (Å²) in [6.45, 7) is 1.63. The Balaban J connectivity index is 1.53. The van der Waals surface area contributed by atoms with Gasteiger partial charge in [0.2, 0.25) is 5.91 Å². The van der Waals surface area contributed by atoms with Gasteiger partial charge in [-0.25, -0.2) is 0 Å². The maximum absolute atomic E-state index is 12.6. The predicted octanol–water partition coefficient (Wildman–Crippen LogP) is 0.686. The van der Waals surface area contributed by atoms with Crippen LogP contribution in [0.5, 0.6) is 5.75 Å². The molecule has 2 aliphatic heterocycles. The van der Waals surface area contributed by atoms with Crippen LogP contribution in [-0.2, 0) is 33.8 Å². The van der Waals surface area contributed by atoms with E-state index in [1.807, 2.05) is 18.2 Å². The second-order valence-electron chi connectivity index (χ2n) is 7.02. The van der Waals surface area contributed by atoms with E-state index < -0.39 is 24.9 Å². The number of fused-ring (bicyclic) bond motifs is 2. The molecule has 2 aromatic carbocycles. The minimum Gasteiger partial charge on any atom is -0.535 e. The third-order valence-corrected chi connectivity index (χ3v) is 5.22. The van der Waals surface area contributed by atoms with Gasteiger partial charge in [0, 0.05) is 18.7 Å². The van der Waals surface area contributed by atoms with Gasteiger partial charge in [-0.1, -0.05) is 36.4 Å². The number of amides is 1. The van der Waals surface area contributed by atoms with Gasteiger partial charge in [0.05, 0.1) is 19.5 Å². The highest BCUT2D eigenvalue weighted by molar-refractivity contribution is 6.47. The number of hydrogen-bond donors (Lipinski definition) is 3. The zero-order valence-electron chi connectivity index (χ0n) is 15.5. The van der Waals surface area contributed by atoms with Gasteiger partial charge < -0.3 is 25.0 Å². The van der Waals surface area contributed by atoms with E-state index in [4.69, 9.17) is 9.39 Å². The summed E-state index contributed by atoms with van der Waals surface area (Å²) in [5.74, 6) is -2.22. The standard InChI is InChI=1S/C20H21BN2O5/c1-27-20(25)18-15-4-2-3-5-16(15)28-21(26)19(18)23-17(24)9-12-6-7-13-10-22-11-14(13)8-12/h2-8,18-19,22,26H,9-11H2,1H3,(H,23,24)/t18?,19-/m0/s1. The Labute approximate surface area is 163 Å². The van der Waals surface area contributed by atoms with Gasteiger partial charge in [-0.3, -0.25) is 9.59 Å². The van der Waals surface area contributed by atoms with Gasteiger partial charge in [0.15, 0.2) is 0 Å². The van der Waals surface area contributed by atoms with Crippen molar-refractivity contribution >= 4 is 19.0 Å². The lowest BCUT2D eigenvalue weighted by Gasteiger charge is -2.33. The summed E-state index contributed by atoms with van der Waals surface area (Å²) in [7, 11) is -0.0725. The van der Waals surface area contributed by atoms with Crippen LogP contribution in [0.4, 0.5) is 0 Å². The molecule has 1 amide bonds. The fourth-order valence-electron chi connectivity index (χ4n) is 3.84. The van der Waals surface area contributed by atoms with Crippen molar-refractivity contribution in [2.45, 2.75) is 31.4 Å². The van der Waals surface area contributed by atoms with Crippen molar-refractivity contribution in [3.8, 4) is 5.75 Å². The number of carbonyl (C=O) groups is 2. The molecule has 0 saturated heterocycles. The summed E-state index contributed by atoms with van der Waals surface area (Å²) < 4.78 is 10.4. The van der Waals surface area contributed by atoms with Crippen LogP contribution in [0.25, 0.3) is 0 Å². The average molecular weight is 380 g/mol. The van der Waals surface area contributed by atoms with Crippen LogP contribution in [0.1, 0.15) is 28.2 Å². The van der Waals surface area contributed by atoms with Gasteiger partial charge in [0.1, 0.15) is 11.7 Å². The van der Waals surface area contributed by atoms with Crippen molar-refractivity contribution in [1.82, 2.24) is 10.6 Å². The normalized spacial score (nSPS) is 20.0. The summed E-state index contributed by atoms with van der Waals surface area (Å²) in [5.41, 5.74) is 3.88. The van der Waals surface area contributed by atoms with Crippen LogP contribution in [0.3, 0.4) is 0 Å². The molecule has 0 aromatic heterocycles. The van der Waals surface area contributed by atoms with Gasteiger partial charge in [0.25, 0.3) is 0 Å². The Kier molecular flexibility index (Phi) is 5.06. The van der Waals surface area contributed by atoms with Crippen LogP contribution >= 0.6 is 0 Å². The largest absolute Gasteiger partial charge is 0.547 e. The van der Waals surface area contributed by atoms with Gasteiger partial charge in [-0.05, 0) is 22.8 Å². The predicted molar refractivity (Wildman–Crippen MR) is 102 cm³/mol. The second-order valence-corrected chi connectivity index (χ2v) is 7.02. The highest BCUT2D eigenvalue weighted by Gasteiger charge is 2.47. The van der Waals surface area contributed by atoms with Crippen LogP contribution in [0, 0.1) is 0 Å². The molecule has 2 atom stereocenters. The first-order chi connectivity index (χ1) is 13.6. The number of ether oxygens (including phenoxy) is 1. The van der Waals surface area contributed by atoms with Crippen LogP contribution in [0.2, 0.25) is 0 Å². The Morgan fingerprint density at radius 2 is 2.04 bits per heavy atom. The molecule has 0 saturated carbocycles. The van der Waals surface area contributed by atoms with Gasteiger partial charge in [-0.15, -0.1) is 0 Å². The average Bonchev–Trinajstić information content (AvgIpc) is 3.15. The van der Waals surface area contributed by atoms with Crippen molar-refractivity contribution in [3.63, 3.8) is 0 Å². The molecule has 2 aromatic rings. The van der Waals surface area contributed by atoms with Crippen LogP contribution < -0.4 is 15.3 Å². The van der Waals surface area contributed by atoms with E-state index in [9.17, 15) is 14.6 Å². The lowest BCUT2D eigenvalue weighted by molar-refractivity contribution is -0.143. The minimum atomic E-state index is -1.35. The molecule has 28 heavy (non-hydrogen) atoms. The topological polar surface area (TPSA) is 96.9 Å². The SMILES string of the molecule is COC(=O)C1c2ccccc2OB(O)[C@H]1NC(=O)Cc1ccc2c(c1)CNC2. The molecule has 8 heteroatoms. The molecule has 0 spiro atoms. The van der Waals surface area contributed by atoms with Crippen LogP contribution in [-0.4, -0.2) is 37.1 Å². The molecule has 7 nitrogen and oxygen atoms in total. The molecule has 0 fully saturated rings. The molecule has 4 rings (SSSR count). The molecule has 3 N–H and O–H groups in total. The first-order valence-electron chi connectivity index (χ1n) is 9.19. The number of carbonyl (C=O) groups excluding carboxylic acids is 2. The summed E-state index contributed by atoms with van der Waals surface area (Å²) >= 11 is 0. The zero-order chi connectivity index (χ0) is 19.7. The van der Waals surface area contributed by atoms with E-state index in [0.717, 1.165) is 18.7 Å². The van der Waals surface area contributed by atoms with E-state index in [-0.39, 0.29) is 12.3 Å². The quantitative estimate of drug-likeness (QED) is 0.534. The Bertz CT molecular complexity index is 919. The molecular weight excluding hydrogens is 359 g/mol. The summed E-state index contributed by atoms with van der Waals surface area (Å²) in [6, 6.07) is 12.9. The summed E-state index contributed by atoms with van der Waals surface area (Å²) in [5, 5.41) is 16.5. The fourth-order valence-corrected chi connectivity index (χ4v) is 3.84. The summed E-state index contributed by atoms with van der Waals surface area (Å²) in [4.78, 5) is 25.1. The zero-order valence-corrected chi connectivity index (χ0v) is 15.5. The molecule has 144 valence electrons. The van der Waals surface area contributed by atoms with E-state index in [1.54, 1.807) is 24.3 Å². The number of para-hydroxylation sites is 1. The molecule has 1 unspecified atom stereocenters. The van der Waals surface area contributed by atoms with Gasteiger partial charge >= 0.3 is 13.1 Å². The lowest BCUT2D eigenvalue weighted by atomic mass is 9.66. The van der Waals surface area contributed by atoms with Crippen molar-refractivity contribution in [3.05, 3.63) is 64.7 Å². The number of benzene rings is 2. The molecule has 0 radical (unpaired) electrons. The van der Waals surface area contributed by atoms with Crippen molar-refractivity contribution in [1.29, 1.82) is 0 Å². The first-order valence-corrected chi connectivity index (χ1v) is 9.19. The maximum atomic E-state index is 12.6. The number of methoxy groups -OCH3 is 1. The monoisotopic (exact) mass is 380 g/mol. The molecule has 0 bridgehead atoms. The van der Waals surface area contributed by atoms with Crippen LogP contribution in [0.15, 0.2) is 42.5 Å². The Morgan fingerprint density at radius 3 is 2.86 bits per heavy atom. The van der Waals surface area contributed by atoms with E-state index in [1.165, 1.54) is 18.2 Å². The molecule has 2 aliphatic rings. The summed E-state index contributed by atoms with van der Waals surface area (Å²) in [6.07, 6.45) is 0.145. The van der Waals surface area contributed by atoms with Crippen molar-refractivity contribution in [2.24, 2.45) is 0 Å². The Hall–Kier alpha value is -2.84. The van der Waals surface area contributed by atoms with Crippen molar-refractivity contribution in [2.75, 3.05) is 7.11 Å². The fraction of sp³-hybridized carbons (Fsp3) is 0.300. The minimum absolute atomic E-state index is 0.145. The van der Waals surface area contributed by atoms with E-state index >= 15 is 0 Å². The maximum Gasteiger partial charge on any atom is 0.547 e. The smallest absolute Gasteiger partial charge is 0.535 e. The van der Waals surface area contributed by atoms with Crippen molar-refractivity contribution < 1.29 is 24.0 Å². The number of esters is 1. The lowest BCUT2D eigenvalue weighted by Crippen LogP contribution is -2.57. The van der Waals surface area contributed by atoms with Gasteiger partial charge in [-0.2, -0.15) is 0 Å². The third kappa shape index (κ3) is 3.48. The first kappa shape index (κ1) is 18.5. The molecule has 2 heterocycles. The highest BCUT2D eigenvalue weighted by atomic mass is 16.5. The highest BCUT2D eigenvalue weighted by Crippen LogP contribution is 2.35. The van der Waals surface area contributed by atoms with E-state index in [2.05, 4.69) is 10.6 Å². The van der Waals surface area contributed by atoms with E-state index in [0.29, 0.717) is 11.3 Å². The Morgan fingerprint density at radius 1 is 1.25 bits per heavy atom. The third-order valence-electron chi connectivity index (χ3n) is 5.22. The molecular formula is C20H21BN2O5. The number of nitrogens with one attached hydrogen (secondary N) is 2. The molecule has 0 aliphatic carbocycles. The number of rotatable bonds is 4. The second kappa shape index (κ2) is 7.65.